The van der Waals surface area contributed by atoms with Crippen molar-refractivity contribution in [1.29, 1.82) is 0 Å². The molecule has 0 saturated carbocycles. The Morgan fingerprint density at radius 2 is 2.15 bits per heavy atom. The van der Waals surface area contributed by atoms with E-state index in [0.717, 1.165) is 13.0 Å². The van der Waals surface area contributed by atoms with Crippen LogP contribution in [0, 0.1) is 0 Å². The number of hydrogen-bond donors (Lipinski definition) is 2. The lowest BCUT2D eigenvalue weighted by molar-refractivity contribution is -0.357. The van der Waals surface area contributed by atoms with Gasteiger partial charge in [-0.1, -0.05) is 43.0 Å². The van der Waals surface area contributed by atoms with E-state index in [1.165, 1.54) is 5.56 Å². The molecule has 1 aromatic carbocycles. The van der Waals surface area contributed by atoms with Gasteiger partial charge in [-0.3, -0.25) is 5.73 Å². The summed E-state index contributed by atoms with van der Waals surface area (Å²) >= 11 is 4.10. The second-order valence-electron chi connectivity index (χ2n) is 3.35. The van der Waals surface area contributed by atoms with Crippen LogP contribution < -0.4 is 5.73 Å². The molecule has 1 aliphatic rings. The first-order chi connectivity index (χ1) is 6.27. The van der Waals surface area contributed by atoms with E-state index in [-0.39, 0.29) is 0 Å². The first-order valence-electron chi connectivity index (χ1n) is 4.39. The van der Waals surface area contributed by atoms with Gasteiger partial charge >= 0.3 is 5.17 Å². The zero-order valence-corrected chi connectivity index (χ0v) is 8.24. The molecule has 3 heteroatoms. The second kappa shape index (κ2) is 3.42. The van der Waals surface area contributed by atoms with Gasteiger partial charge in [0.15, 0.2) is 0 Å². The maximum Gasteiger partial charge on any atom is 0.301 e. The predicted octanol–water partition coefficient (Wildman–Crippen LogP) is 0.868. The van der Waals surface area contributed by atoms with Crippen molar-refractivity contribution < 1.29 is 4.58 Å². The molecule has 0 unspecified atom stereocenters. The predicted molar refractivity (Wildman–Crippen MR) is 57.2 cm³/mol. The van der Waals surface area contributed by atoms with Gasteiger partial charge < -0.3 is 0 Å². The summed E-state index contributed by atoms with van der Waals surface area (Å²) in [6.45, 7) is 1.05. The van der Waals surface area contributed by atoms with Crippen molar-refractivity contribution in [2.45, 2.75) is 12.5 Å². The van der Waals surface area contributed by atoms with Crippen LogP contribution in [0.15, 0.2) is 30.3 Å². The highest BCUT2D eigenvalue weighted by molar-refractivity contribution is 7.96. The Morgan fingerprint density at radius 1 is 1.46 bits per heavy atom. The molecule has 0 amide bonds. The van der Waals surface area contributed by atoms with Crippen molar-refractivity contribution in [2.24, 2.45) is 5.73 Å². The molecule has 1 atom stereocenters. The molecule has 1 saturated heterocycles. The number of benzene rings is 1. The van der Waals surface area contributed by atoms with Crippen molar-refractivity contribution in [2.75, 3.05) is 6.54 Å². The van der Waals surface area contributed by atoms with Gasteiger partial charge in [0.05, 0.1) is 0 Å². The molecule has 0 bridgehead atoms. The highest BCUT2D eigenvalue weighted by Crippen LogP contribution is 2.16. The third-order valence-corrected chi connectivity index (χ3v) is 2.58. The minimum absolute atomic E-state index is 0.569. The van der Waals surface area contributed by atoms with E-state index in [9.17, 15) is 0 Å². The summed E-state index contributed by atoms with van der Waals surface area (Å²) in [6.07, 6.45) is 1.07. The number of amidine groups is 1. The summed E-state index contributed by atoms with van der Waals surface area (Å²) in [5.41, 5.74) is 6.91. The third-order valence-electron chi connectivity index (χ3n) is 2.32. The molecule has 0 radical (unpaired) electrons. The molecule has 1 heterocycles. The number of nitrogens with two attached hydrogens (primary N) is 1. The van der Waals surface area contributed by atoms with E-state index in [1.54, 1.807) is 0 Å². The van der Waals surface area contributed by atoms with E-state index < -0.39 is 0 Å². The fraction of sp³-hybridized carbons (Fsp3) is 0.300. The van der Waals surface area contributed by atoms with Crippen LogP contribution in [0.4, 0.5) is 0 Å². The highest BCUT2D eigenvalue weighted by Gasteiger charge is 2.36. The van der Waals surface area contributed by atoms with Gasteiger partial charge in [-0.25, -0.2) is 4.58 Å². The Kier molecular flexibility index (Phi) is 2.27. The molecule has 2 rings (SSSR count). The Balaban J connectivity index is 1.99. The van der Waals surface area contributed by atoms with Crippen molar-refractivity contribution in [3.05, 3.63) is 35.9 Å². The monoisotopic (exact) mass is 193 g/mol. The molecule has 2 N–H and O–H groups in total. The molecule has 2 nitrogen and oxygen atoms in total. The zero-order valence-electron chi connectivity index (χ0n) is 7.35. The summed E-state index contributed by atoms with van der Waals surface area (Å²) in [6, 6.07) is 11.0. The lowest BCUT2D eigenvalue weighted by Gasteiger charge is -1.94. The number of rotatable bonds is 2. The van der Waals surface area contributed by atoms with Crippen LogP contribution in [0.5, 0.6) is 0 Å². The molecule has 0 aromatic heterocycles. The first kappa shape index (κ1) is 8.63. The summed E-state index contributed by atoms with van der Waals surface area (Å²) in [5.74, 6) is 0. The van der Waals surface area contributed by atoms with Crippen LogP contribution in [0.2, 0.25) is 0 Å². The lowest BCUT2D eigenvalue weighted by Crippen LogP contribution is -2.11. The molecule has 1 aliphatic heterocycles. The van der Waals surface area contributed by atoms with E-state index in [1.807, 2.05) is 6.07 Å². The minimum atomic E-state index is 0.569. The van der Waals surface area contributed by atoms with Gasteiger partial charge in [-0.15, -0.1) is 0 Å². The minimum Gasteiger partial charge on any atom is -0.282 e. The molecule has 1 fully saturated rings. The molecule has 0 spiro atoms. The maximum atomic E-state index is 5.55. The van der Waals surface area contributed by atoms with Gasteiger partial charge in [-0.2, -0.15) is 0 Å². The van der Waals surface area contributed by atoms with E-state index in [0.29, 0.717) is 11.2 Å². The van der Waals surface area contributed by atoms with Gasteiger partial charge in [0.1, 0.15) is 12.6 Å². The van der Waals surface area contributed by atoms with Gasteiger partial charge in [0, 0.05) is 6.42 Å². The number of thiol groups is 1. The maximum absolute atomic E-state index is 5.55. The van der Waals surface area contributed by atoms with Crippen molar-refractivity contribution in [3.63, 3.8) is 0 Å². The number of nitrogens with zero attached hydrogens (tertiary/aromatic N) is 1. The SMILES string of the molecule is NC(S)=[N+]1C[C@@H]1Cc1ccccc1. The Bertz CT molecular complexity index is 328. The van der Waals surface area contributed by atoms with E-state index in [4.69, 9.17) is 5.73 Å². The topological polar surface area (TPSA) is 29.0 Å². The first-order valence-corrected chi connectivity index (χ1v) is 4.84. The van der Waals surface area contributed by atoms with Crippen LogP contribution in [-0.2, 0) is 6.42 Å². The van der Waals surface area contributed by atoms with Crippen molar-refractivity contribution >= 4 is 17.8 Å². The van der Waals surface area contributed by atoms with Crippen LogP contribution >= 0.6 is 12.6 Å². The summed E-state index contributed by atoms with van der Waals surface area (Å²) < 4.78 is 2.09. The fourth-order valence-electron chi connectivity index (χ4n) is 1.52. The molecule has 0 aliphatic carbocycles. The van der Waals surface area contributed by atoms with E-state index >= 15 is 0 Å². The smallest absolute Gasteiger partial charge is 0.282 e. The average molecular weight is 193 g/mol. The Morgan fingerprint density at radius 3 is 2.69 bits per heavy atom. The summed E-state index contributed by atoms with van der Waals surface area (Å²) in [5, 5.41) is 0.640. The quantitative estimate of drug-likeness (QED) is 0.310. The molecular weight excluding hydrogens is 180 g/mol. The Hall–Kier alpha value is -0.960. The van der Waals surface area contributed by atoms with Crippen molar-refractivity contribution in [1.82, 2.24) is 0 Å². The average Bonchev–Trinajstić information content (AvgIpc) is 2.86. The molecular formula is C10H13N2S+. The number of hydrogen-bond acceptors (Lipinski definition) is 0. The fourth-order valence-corrected chi connectivity index (χ4v) is 1.77. The molecule has 1 aromatic rings. The van der Waals surface area contributed by atoms with Gasteiger partial charge in [-0.05, 0) is 5.56 Å². The van der Waals surface area contributed by atoms with E-state index in [2.05, 4.69) is 41.5 Å². The van der Waals surface area contributed by atoms with Crippen LogP contribution in [0.25, 0.3) is 0 Å². The van der Waals surface area contributed by atoms with Crippen LogP contribution in [0.3, 0.4) is 0 Å². The van der Waals surface area contributed by atoms with Crippen LogP contribution in [-0.4, -0.2) is 22.3 Å². The molecule has 68 valence electrons. The lowest BCUT2D eigenvalue weighted by atomic mass is 10.1. The van der Waals surface area contributed by atoms with Crippen LogP contribution in [0.1, 0.15) is 5.56 Å². The zero-order chi connectivity index (χ0) is 9.26. The van der Waals surface area contributed by atoms with Crippen molar-refractivity contribution in [3.8, 4) is 0 Å². The normalized spacial score (nSPS) is 24.2. The summed E-state index contributed by atoms with van der Waals surface area (Å²) in [7, 11) is 0. The standard InChI is InChI=1S/C10H12N2S/c11-10(13)12-7-9(12)6-8-4-2-1-3-5-8/h1-5,9H,6-7H2,(H2,11,13)/p+1/t9-/m0/s1. The summed E-state index contributed by atoms with van der Waals surface area (Å²) in [4.78, 5) is 0. The van der Waals surface area contributed by atoms with Gasteiger partial charge in [0.2, 0.25) is 0 Å². The third kappa shape index (κ3) is 2.04. The second-order valence-corrected chi connectivity index (χ2v) is 3.81. The molecule has 13 heavy (non-hydrogen) atoms. The van der Waals surface area contributed by atoms with Gasteiger partial charge in [0.25, 0.3) is 0 Å². The Labute approximate surface area is 83.5 Å². The largest absolute Gasteiger partial charge is 0.301 e. The highest BCUT2D eigenvalue weighted by atomic mass is 32.1.